The van der Waals surface area contributed by atoms with Gasteiger partial charge in [-0.25, -0.2) is 0 Å². The summed E-state index contributed by atoms with van der Waals surface area (Å²) in [4.78, 5) is 15.1. The molecule has 0 saturated carbocycles. The number of nitrogens with zero attached hydrogens (tertiary/aromatic N) is 3. The Morgan fingerprint density at radius 2 is 1.95 bits per heavy atom. The van der Waals surface area contributed by atoms with Crippen molar-refractivity contribution in [2.45, 2.75) is 0 Å². The molecule has 0 radical (unpaired) electrons. The lowest BCUT2D eigenvalue weighted by Crippen LogP contribution is -2.44. The average Bonchev–Trinajstić information content (AvgIpc) is 2.48. The summed E-state index contributed by atoms with van der Waals surface area (Å²) in [5.41, 5.74) is 0.949. The second kappa shape index (κ2) is 7.24. The summed E-state index contributed by atoms with van der Waals surface area (Å²) in [5, 5.41) is 11.1. The summed E-state index contributed by atoms with van der Waals surface area (Å²) >= 11 is 0. The lowest BCUT2D eigenvalue weighted by Gasteiger charge is -2.34. The maximum atomic E-state index is 11.1. The van der Waals surface area contributed by atoms with Gasteiger partial charge in [-0.3, -0.25) is 10.1 Å². The molecular weight excluding hydrogens is 274 g/mol. The predicted octanol–water partition coefficient (Wildman–Crippen LogP) is 1.37. The van der Waals surface area contributed by atoms with Crippen LogP contribution in [0.1, 0.15) is 0 Å². The minimum Gasteiger partial charge on any atom is -0.484 e. The van der Waals surface area contributed by atoms with Gasteiger partial charge in [0.25, 0.3) is 0 Å². The fourth-order valence-electron chi connectivity index (χ4n) is 2.27. The minimum atomic E-state index is -0.421. The van der Waals surface area contributed by atoms with E-state index in [1.54, 1.807) is 19.2 Å². The number of nitro groups is 1. The number of hydrogen-bond acceptors (Lipinski definition) is 6. The molecule has 1 aliphatic heterocycles. The molecule has 0 aliphatic carbocycles. The van der Waals surface area contributed by atoms with Crippen LogP contribution in [0.3, 0.4) is 0 Å². The summed E-state index contributed by atoms with van der Waals surface area (Å²) in [5.74, 6) is 0.300. The van der Waals surface area contributed by atoms with E-state index in [4.69, 9.17) is 9.47 Å². The molecule has 1 fully saturated rings. The molecule has 1 aliphatic rings. The van der Waals surface area contributed by atoms with Crippen molar-refractivity contribution in [3.8, 4) is 5.75 Å². The van der Waals surface area contributed by atoms with E-state index in [-0.39, 0.29) is 5.69 Å². The number of rotatable bonds is 6. The molecule has 21 heavy (non-hydrogen) atoms. The van der Waals surface area contributed by atoms with Crippen molar-refractivity contribution >= 4 is 11.4 Å². The van der Waals surface area contributed by atoms with E-state index < -0.39 is 4.92 Å². The third-order valence-corrected chi connectivity index (χ3v) is 3.55. The average molecular weight is 295 g/mol. The van der Waals surface area contributed by atoms with Crippen molar-refractivity contribution < 1.29 is 14.4 Å². The van der Waals surface area contributed by atoms with Crippen LogP contribution in [0.5, 0.6) is 5.75 Å². The Bertz CT molecular complexity index is 487. The van der Waals surface area contributed by atoms with E-state index in [1.807, 2.05) is 0 Å². The topological polar surface area (TPSA) is 68.1 Å². The van der Waals surface area contributed by atoms with Gasteiger partial charge in [-0.2, -0.15) is 0 Å². The van der Waals surface area contributed by atoms with Gasteiger partial charge in [0.05, 0.1) is 11.5 Å². The molecule has 1 aromatic carbocycles. The molecule has 0 unspecified atom stereocenters. The van der Waals surface area contributed by atoms with Gasteiger partial charge in [-0.05, 0) is 13.1 Å². The van der Waals surface area contributed by atoms with Gasteiger partial charge in [-0.15, -0.1) is 0 Å². The molecule has 0 bridgehead atoms. The van der Waals surface area contributed by atoms with Gasteiger partial charge < -0.3 is 19.3 Å². The van der Waals surface area contributed by atoms with Crippen LogP contribution in [0, 0.1) is 10.1 Å². The Morgan fingerprint density at radius 3 is 2.57 bits per heavy atom. The zero-order valence-electron chi connectivity index (χ0n) is 12.4. The Kier molecular flexibility index (Phi) is 5.35. The van der Waals surface area contributed by atoms with Crippen LogP contribution in [-0.2, 0) is 4.74 Å². The standard InChI is InChI=1S/C14H21N3O4/c1-15-5-7-16(8-6-15)12-3-4-13(17(18)19)14(11-12)21-10-9-20-2/h3-4,11H,5-10H2,1-2H3. The summed E-state index contributed by atoms with van der Waals surface area (Å²) in [7, 11) is 3.66. The second-order valence-electron chi connectivity index (χ2n) is 5.04. The maximum Gasteiger partial charge on any atom is 0.311 e. The molecule has 1 saturated heterocycles. The molecular formula is C14H21N3O4. The van der Waals surface area contributed by atoms with E-state index >= 15 is 0 Å². The van der Waals surface area contributed by atoms with E-state index in [9.17, 15) is 10.1 Å². The number of methoxy groups -OCH3 is 1. The summed E-state index contributed by atoms with van der Waals surface area (Å²) < 4.78 is 10.4. The van der Waals surface area contributed by atoms with Crippen molar-refractivity contribution in [1.82, 2.24) is 4.90 Å². The minimum absolute atomic E-state index is 0.0102. The quantitative estimate of drug-likeness (QED) is 0.448. The molecule has 1 aromatic rings. The fourth-order valence-corrected chi connectivity index (χ4v) is 2.27. The van der Waals surface area contributed by atoms with Crippen LogP contribution in [0.4, 0.5) is 11.4 Å². The van der Waals surface area contributed by atoms with Crippen LogP contribution >= 0.6 is 0 Å². The number of benzene rings is 1. The molecule has 116 valence electrons. The molecule has 0 amide bonds. The van der Waals surface area contributed by atoms with Crippen LogP contribution in [0.15, 0.2) is 18.2 Å². The zero-order valence-corrected chi connectivity index (χ0v) is 12.4. The van der Waals surface area contributed by atoms with Gasteiger partial charge in [0.2, 0.25) is 0 Å². The zero-order chi connectivity index (χ0) is 15.2. The Labute approximate surface area is 124 Å². The van der Waals surface area contributed by atoms with Gasteiger partial charge in [-0.1, -0.05) is 0 Å². The number of ether oxygens (including phenoxy) is 2. The molecule has 0 aromatic heterocycles. The number of likely N-dealkylation sites (N-methyl/N-ethyl adjacent to an activating group) is 1. The lowest BCUT2D eigenvalue weighted by atomic mass is 10.2. The van der Waals surface area contributed by atoms with Crippen molar-refractivity contribution in [3.63, 3.8) is 0 Å². The highest BCUT2D eigenvalue weighted by Crippen LogP contribution is 2.32. The molecule has 1 heterocycles. The first-order chi connectivity index (χ1) is 10.1. The van der Waals surface area contributed by atoms with E-state index in [2.05, 4.69) is 16.8 Å². The smallest absolute Gasteiger partial charge is 0.311 e. The maximum absolute atomic E-state index is 11.1. The number of hydrogen-bond donors (Lipinski definition) is 0. The van der Waals surface area contributed by atoms with Crippen molar-refractivity contribution in [3.05, 3.63) is 28.3 Å². The van der Waals surface area contributed by atoms with E-state index in [0.29, 0.717) is 19.0 Å². The van der Waals surface area contributed by atoms with E-state index in [1.165, 1.54) is 6.07 Å². The second-order valence-corrected chi connectivity index (χ2v) is 5.04. The Morgan fingerprint density at radius 1 is 1.24 bits per heavy atom. The molecule has 7 nitrogen and oxygen atoms in total. The largest absolute Gasteiger partial charge is 0.484 e. The van der Waals surface area contributed by atoms with Crippen LogP contribution in [-0.4, -0.2) is 63.4 Å². The van der Waals surface area contributed by atoms with Crippen LogP contribution in [0.2, 0.25) is 0 Å². The fraction of sp³-hybridized carbons (Fsp3) is 0.571. The van der Waals surface area contributed by atoms with Crippen LogP contribution in [0.25, 0.3) is 0 Å². The number of nitro benzene ring substituents is 1. The lowest BCUT2D eigenvalue weighted by molar-refractivity contribution is -0.385. The highest BCUT2D eigenvalue weighted by molar-refractivity contribution is 5.59. The SMILES string of the molecule is COCCOc1cc(N2CCN(C)CC2)ccc1[N+](=O)[O-]. The summed E-state index contributed by atoms with van der Waals surface area (Å²) in [6, 6.07) is 5.04. The monoisotopic (exact) mass is 295 g/mol. The van der Waals surface area contributed by atoms with Gasteiger partial charge in [0.1, 0.15) is 6.61 Å². The third-order valence-electron chi connectivity index (χ3n) is 3.55. The van der Waals surface area contributed by atoms with Crippen molar-refractivity contribution in [1.29, 1.82) is 0 Å². The van der Waals surface area contributed by atoms with Crippen molar-refractivity contribution in [2.75, 3.05) is 58.5 Å². The first-order valence-electron chi connectivity index (χ1n) is 6.95. The van der Waals surface area contributed by atoms with Gasteiger partial charge in [0.15, 0.2) is 5.75 Å². The Hall–Kier alpha value is -1.86. The first-order valence-corrected chi connectivity index (χ1v) is 6.95. The molecule has 2 rings (SSSR count). The third kappa shape index (κ3) is 4.05. The van der Waals surface area contributed by atoms with Gasteiger partial charge >= 0.3 is 5.69 Å². The molecule has 7 heteroatoms. The highest BCUT2D eigenvalue weighted by atomic mass is 16.6. The Balaban J connectivity index is 2.15. The number of piperazine rings is 1. The van der Waals surface area contributed by atoms with E-state index in [0.717, 1.165) is 31.9 Å². The normalized spacial score (nSPS) is 16.0. The summed E-state index contributed by atoms with van der Waals surface area (Å²) in [6.45, 7) is 4.48. The predicted molar refractivity (Wildman–Crippen MR) is 80.2 cm³/mol. The van der Waals surface area contributed by atoms with Crippen LogP contribution < -0.4 is 9.64 Å². The number of anilines is 1. The molecule has 0 spiro atoms. The first kappa shape index (κ1) is 15.5. The van der Waals surface area contributed by atoms with Crippen molar-refractivity contribution in [2.24, 2.45) is 0 Å². The highest BCUT2D eigenvalue weighted by Gasteiger charge is 2.20. The molecule has 0 atom stereocenters. The molecule has 0 N–H and O–H groups in total. The summed E-state index contributed by atoms with van der Waals surface area (Å²) in [6.07, 6.45) is 0. The van der Waals surface area contributed by atoms with Gasteiger partial charge in [0, 0.05) is 51.1 Å².